The minimum absolute atomic E-state index is 0.0576. The largest absolute Gasteiger partial charge is 0.368 e. The highest BCUT2D eigenvalue weighted by molar-refractivity contribution is 6.06. The zero-order valence-electron chi connectivity index (χ0n) is 20.1. The first-order valence-corrected chi connectivity index (χ1v) is 11.6. The van der Waals surface area contributed by atoms with E-state index in [0.717, 1.165) is 27.8 Å². The first kappa shape index (κ1) is 22.9. The number of rotatable bonds is 4. The van der Waals surface area contributed by atoms with Crippen LogP contribution >= 0.6 is 0 Å². The molecular formula is C28H28FN5O. The van der Waals surface area contributed by atoms with Crippen LogP contribution in [0.15, 0.2) is 60.7 Å². The van der Waals surface area contributed by atoms with E-state index in [1.54, 1.807) is 17.0 Å². The summed E-state index contributed by atoms with van der Waals surface area (Å²) < 4.78 is 14.1. The normalized spacial score (nSPS) is 13.3. The summed E-state index contributed by atoms with van der Waals surface area (Å²) in [6.07, 6.45) is 0. The van der Waals surface area contributed by atoms with Crippen molar-refractivity contribution in [1.29, 1.82) is 0 Å². The molecule has 1 aromatic heterocycles. The summed E-state index contributed by atoms with van der Waals surface area (Å²) in [5.74, 6) is -0.422. The molecule has 4 aromatic rings. The molecular weight excluding hydrogens is 441 g/mol. The second-order valence-corrected chi connectivity index (χ2v) is 10.00. The van der Waals surface area contributed by atoms with Gasteiger partial charge >= 0.3 is 0 Å². The summed E-state index contributed by atoms with van der Waals surface area (Å²) in [4.78, 5) is 24.0. The quantitative estimate of drug-likeness (QED) is 0.436. The number of amides is 1. The lowest BCUT2D eigenvalue weighted by atomic mass is 9.96. The molecule has 7 heteroatoms. The zero-order valence-corrected chi connectivity index (χ0v) is 20.1. The average molecular weight is 470 g/mol. The first-order chi connectivity index (χ1) is 16.7. The maximum atomic E-state index is 14.1. The van der Waals surface area contributed by atoms with Crippen LogP contribution in [0.1, 0.15) is 48.0 Å². The monoisotopic (exact) mass is 469 g/mol. The van der Waals surface area contributed by atoms with Crippen molar-refractivity contribution in [1.82, 2.24) is 20.2 Å². The van der Waals surface area contributed by atoms with E-state index in [1.807, 2.05) is 42.5 Å². The van der Waals surface area contributed by atoms with Gasteiger partial charge in [0.1, 0.15) is 11.5 Å². The molecule has 0 atom stereocenters. The summed E-state index contributed by atoms with van der Waals surface area (Å²) in [6.45, 7) is 7.76. The predicted octanol–water partition coefficient (Wildman–Crippen LogP) is 5.06. The molecule has 0 unspecified atom stereocenters. The highest BCUT2D eigenvalue weighted by atomic mass is 19.1. The highest BCUT2D eigenvalue weighted by Gasteiger charge is 2.27. The van der Waals surface area contributed by atoms with Crippen molar-refractivity contribution in [3.05, 3.63) is 88.9 Å². The molecule has 5 rings (SSSR count). The smallest absolute Gasteiger partial charge is 0.273 e. The first-order valence-electron chi connectivity index (χ1n) is 11.6. The molecule has 3 N–H and O–H groups in total. The molecule has 3 aromatic carbocycles. The van der Waals surface area contributed by atoms with Gasteiger partial charge in [-0.05, 0) is 72.9 Å². The van der Waals surface area contributed by atoms with Crippen LogP contribution in [0.5, 0.6) is 0 Å². The SMILES string of the molecule is CC(C)(C)NCc1cc(F)ccc1-c1ccc2nc(N)nc(C(=O)N3Cc4ccccc4C3)c2c1. The van der Waals surface area contributed by atoms with E-state index in [4.69, 9.17) is 5.73 Å². The summed E-state index contributed by atoms with van der Waals surface area (Å²) >= 11 is 0. The molecule has 6 nitrogen and oxygen atoms in total. The summed E-state index contributed by atoms with van der Waals surface area (Å²) in [7, 11) is 0. The van der Waals surface area contributed by atoms with Gasteiger partial charge in [-0.2, -0.15) is 0 Å². The second kappa shape index (κ2) is 8.74. The molecule has 1 amide bonds. The Labute approximate surface area is 204 Å². The molecule has 0 bridgehead atoms. The van der Waals surface area contributed by atoms with Gasteiger partial charge in [0.2, 0.25) is 5.95 Å². The number of anilines is 1. The van der Waals surface area contributed by atoms with Crippen molar-refractivity contribution < 1.29 is 9.18 Å². The van der Waals surface area contributed by atoms with E-state index in [-0.39, 0.29) is 28.9 Å². The standard InChI is InChI=1S/C28H28FN5O/c1-28(2,3)31-14-20-12-21(29)9-10-22(20)17-8-11-24-23(13-17)25(33-27(30)32-24)26(35)34-15-18-6-4-5-7-19(18)16-34/h4-13,31H,14-16H2,1-3H3,(H2,30,32,33). The fourth-order valence-corrected chi connectivity index (χ4v) is 4.45. The van der Waals surface area contributed by atoms with Gasteiger partial charge in [-0.15, -0.1) is 0 Å². The Bertz CT molecular complexity index is 1420. The Morgan fingerprint density at radius 2 is 1.74 bits per heavy atom. The van der Waals surface area contributed by atoms with Gasteiger partial charge in [-0.1, -0.05) is 36.4 Å². The third kappa shape index (κ3) is 4.72. The minimum Gasteiger partial charge on any atom is -0.368 e. The number of carbonyl (C=O) groups excluding carboxylic acids is 1. The summed E-state index contributed by atoms with van der Waals surface area (Å²) in [5.41, 5.74) is 11.6. The van der Waals surface area contributed by atoms with Crippen LogP contribution < -0.4 is 11.1 Å². The van der Waals surface area contributed by atoms with Crippen LogP contribution in [0.2, 0.25) is 0 Å². The summed E-state index contributed by atoms with van der Waals surface area (Å²) in [6, 6.07) is 18.5. The van der Waals surface area contributed by atoms with Gasteiger partial charge in [0.25, 0.3) is 5.91 Å². The molecule has 0 radical (unpaired) electrons. The predicted molar refractivity (Wildman–Crippen MR) is 136 cm³/mol. The van der Waals surface area contributed by atoms with Crippen molar-refractivity contribution in [2.24, 2.45) is 0 Å². The Kier molecular flexibility index (Phi) is 5.73. The van der Waals surface area contributed by atoms with Crippen molar-refractivity contribution in [2.75, 3.05) is 5.73 Å². The maximum Gasteiger partial charge on any atom is 0.273 e. The lowest BCUT2D eigenvalue weighted by Gasteiger charge is -2.22. The van der Waals surface area contributed by atoms with E-state index in [9.17, 15) is 9.18 Å². The topological polar surface area (TPSA) is 84.1 Å². The van der Waals surface area contributed by atoms with Crippen molar-refractivity contribution in [3.8, 4) is 11.1 Å². The van der Waals surface area contributed by atoms with Crippen LogP contribution in [0.4, 0.5) is 10.3 Å². The molecule has 178 valence electrons. The van der Waals surface area contributed by atoms with E-state index < -0.39 is 0 Å². The number of hydrogen-bond acceptors (Lipinski definition) is 5. The number of carbonyl (C=O) groups is 1. The number of nitrogen functional groups attached to an aromatic ring is 1. The van der Waals surface area contributed by atoms with E-state index in [2.05, 4.69) is 36.1 Å². The van der Waals surface area contributed by atoms with E-state index in [1.165, 1.54) is 6.07 Å². The minimum atomic E-state index is -0.291. The fraction of sp³-hybridized carbons (Fsp3) is 0.250. The van der Waals surface area contributed by atoms with Crippen LogP contribution in [0, 0.1) is 5.82 Å². The third-order valence-corrected chi connectivity index (χ3v) is 6.23. The van der Waals surface area contributed by atoms with Crippen molar-refractivity contribution >= 4 is 22.8 Å². The number of nitrogens with one attached hydrogen (secondary N) is 1. The molecule has 1 aliphatic heterocycles. The van der Waals surface area contributed by atoms with Crippen molar-refractivity contribution in [2.45, 2.75) is 45.9 Å². The van der Waals surface area contributed by atoms with Gasteiger partial charge in [0.15, 0.2) is 0 Å². The molecule has 0 aliphatic carbocycles. The van der Waals surface area contributed by atoms with Crippen molar-refractivity contribution in [3.63, 3.8) is 0 Å². The van der Waals surface area contributed by atoms with Crippen LogP contribution in [-0.4, -0.2) is 26.3 Å². The van der Waals surface area contributed by atoms with Gasteiger partial charge < -0.3 is 16.0 Å². The molecule has 0 spiro atoms. The molecule has 0 saturated carbocycles. The Hall–Kier alpha value is -3.84. The third-order valence-electron chi connectivity index (χ3n) is 6.23. The fourth-order valence-electron chi connectivity index (χ4n) is 4.45. The Morgan fingerprint density at radius 3 is 2.43 bits per heavy atom. The van der Waals surface area contributed by atoms with Gasteiger partial charge in [-0.3, -0.25) is 4.79 Å². The van der Waals surface area contributed by atoms with Gasteiger partial charge in [0.05, 0.1) is 5.52 Å². The molecule has 35 heavy (non-hydrogen) atoms. The number of halogens is 1. The second-order valence-electron chi connectivity index (χ2n) is 10.00. The Balaban J connectivity index is 1.56. The van der Waals surface area contributed by atoms with Crippen LogP contribution in [-0.2, 0) is 19.6 Å². The molecule has 1 aliphatic rings. The van der Waals surface area contributed by atoms with E-state index in [0.29, 0.717) is 30.5 Å². The number of hydrogen-bond donors (Lipinski definition) is 2. The number of benzene rings is 3. The molecule has 0 fully saturated rings. The number of aromatic nitrogens is 2. The Morgan fingerprint density at radius 1 is 1.03 bits per heavy atom. The van der Waals surface area contributed by atoms with E-state index >= 15 is 0 Å². The van der Waals surface area contributed by atoms with Gasteiger partial charge in [-0.25, -0.2) is 14.4 Å². The van der Waals surface area contributed by atoms with Crippen LogP contribution in [0.3, 0.4) is 0 Å². The number of nitrogens with zero attached hydrogens (tertiary/aromatic N) is 3. The molecule has 0 saturated heterocycles. The summed E-state index contributed by atoms with van der Waals surface area (Å²) in [5, 5.41) is 4.05. The zero-order chi connectivity index (χ0) is 24.7. The molecule has 2 heterocycles. The van der Waals surface area contributed by atoms with Gasteiger partial charge in [0, 0.05) is 30.6 Å². The highest BCUT2D eigenvalue weighted by Crippen LogP contribution is 2.31. The lowest BCUT2D eigenvalue weighted by molar-refractivity contribution is 0.0747. The van der Waals surface area contributed by atoms with Crippen LogP contribution in [0.25, 0.3) is 22.0 Å². The lowest BCUT2D eigenvalue weighted by Crippen LogP contribution is -2.35. The number of nitrogens with two attached hydrogens (primary N) is 1. The average Bonchev–Trinajstić information content (AvgIpc) is 3.25. The number of fused-ring (bicyclic) bond motifs is 2. The maximum absolute atomic E-state index is 14.1.